The number of carbonyl (C=O) groups excluding carboxylic acids is 1. The third-order valence-corrected chi connectivity index (χ3v) is 3.22. The lowest BCUT2D eigenvalue weighted by Crippen LogP contribution is -2.41. The molecule has 1 N–H and O–H groups in total. The zero-order valence-corrected chi connectivity index (χ0v) is 9.57. The molecule has 1 aliphatic rings. The quantitative estimate of drug-likeness (QED) is 0.800. The van der Waals surface area contributed by atoms with Crippen molar-refractivity contribution >= 4 is 16.7 Å². The summed E-state index contributed by atoms with van der Waals surface area (Å²) in [5, 5.41) is 5.23. The molecule has 0 aliphatic carbocycles. The van der Waals surface area contributed by atoms with Gasteiger partial charge < -0.3 is 10.1 Å². The standard InChI is InChI=1S/C14H13NO2/c1-17-12-7-6-9-4-2-3-5-10(9)14(12)11-8-13(16)15-11/h2-7,11H,8H2,1H3,(H,15,16). The number of rotatable bonds is 2. The summed E-state index contributed by atoms with van der Waals surface area (Å²) in [5.74, 6) is 0.943. The van der Waals surface area contributed by atoms with Crippen LogP contribution in [0.4, 0.5) is 0 Å². The Balaban J connectivity index is 2.20. The molecule has 2 aromatic carbocycles. The van der Waals surface area contributed by atoms with Crippen LogP contribution in [0.25, 0.3) is 10.8 Å². The highest BCUT2D eigenvalue weighted by molar-refractivity contribution is 5.92. The molecule has 2 aromatic rings. The summed E-state index contributed by atoms with van der Waals surface area (Å²) in [4.78, 5) is 11.1. The molecule has 3 heteroatoms. The van der Waals surface area contributed by atoms with Crippen molar-refractivity contribution in [1.82, 2.24) is 5.32 Å². The molecule has 0 radical (unpaired) electrons. The van der Waals surface area contributed by atoms with Gasteiger partial charge in [0.2, 0.25) is 5.91 Å². The second-order valence-corrected chi connectivity index (χ2v) is 4.23. The molecule has 0 saturated carbocycles. The molecule has 1 fully saturated rings. The number of amides is 1. The van der Waals surface area contributed by atoms with Crippen molar-refractivity contribution in [2.75, 3.05) is 7.11 Å². The van der Waals surface area contributed by atoms with Crippen LogP contribution in [0, 0.1) is 0 Å². The van der Waals surface area contributed by atoms with Gasteiger partial charge in [-0.15, -0.1) is 0 Å². The van der Waals surface area contributed by atoms with Crippen molar-refractivity contribution in [1.29, 1.82) is 0 Å². The maximum atomic E-state index is 11.1. The van der Waals surface area contributed by atoms with Gasteiger partial charge in [0.1, 0.15) is 5.75 Å². The molecule has 0 bridgehead atoms. The van der Waals surface area contributed by atoms with Crippen LogP contribution in [0.2, 0.25) is 0 Å². The summed E-state index contributed by atoms with van der Waals surface area (Å²) >= 11 is 0. The Bertz CT molecular complexity index is 584. The Morgan fingerprint density at radius 3 is 2.71 bits per heavy atom. The second kappa shape index (κ2) is 3.77. The average Bonchev–Trinajstić information content (AvgIpc) is 2.34. The topological polar surface area (TPSA) is 38.3 Å². The van der Waals surface area contributed by atoms with E-state index in [1.807, 2.05) is 24.3 Å². The first-order chi connectivity index (χ1) is 8.29. The molecule has 86 valence electrons. The van der Waals surface area contributed by atoms with Crippen molar-refractivity contribution in [3.8, 4) is 5.75 Å². The van der Waals surface area contributed by atoms with Gasteiger partial charge in [-0.05, 0) is 16.8 Å². The number of hydrogen-bond donors (Lipinski definition) is 1. The average molecular weight is 227 g/mol. The van der Waals surface area contributed by atoms with E-state index in [4.69, 9.17) is 4.74 Å². The number of carbonyl (C=O) groups is 1. The second-order valence-electron chi connectivity index (χ2n) is 4.23. The molecular weight excluding hydrogens is 214 g/mol. The molecule has 3 rings (SSSR count). The number of nitrogens with one attached hydrogen (secondary N) is 1. The Hall–Kier alpha value is -2.03. The van der Waals surface area contributed by atoms with Gasteiger partial charge in [-0.1, -0.05) is 30.3 Å². The lowest BCUT2D eigenvalue weighted by molar-refractivity contribution is -0.128. The van der Waals surface area contributed by atoms with Crippen LogP contribution in [0.3, 0.4) is 0 Å². The fourth-order valence-corrected chi connectivity index (χ4v) is 2.35. The molecule has 0 aromatic heterocycles. The molecule has 1 amide bonds. The molecule has 1 aliphatic heterocycles. The number of methoxy groups -OCH3 is 1. The summed E-state index contributed by atoms with van der Waals surface area (Å²) in [6, 6.07) is 12.2. The molecule has 1 saturated heterocycles. The zero-order valence-electron chi connectivity index (χ0n) is 9.57. The van der Waals surface area contributed by atoms with E-state index in [-0.39, 0.29) is 11.9 Å². The summed E-state index contributed by atoms with van der Waals surface area (Å²) in [5.41, 5.74) is 1.09. The minimum absolute atomic E-state index is 0.0866. The first-order valence-corrected chi connectivity index (χ1v) is 5.64. The monoisotopic (exact) mass is 227 g/mol. The Kier molecular flexibility index (Phi) is 2.25. The van der Waals surface area contributed by atoms with Gasteiger partial charge in [-0.2, -0.15) is 0 Å². The van der Waals surface area contributed by atoms with Crippen LogP contribution in [-0.4, -0.2) is 13.0 Å². The first-order valence-electron chi connectivity index (χ1n) is 5.64. The minimum Gasteiger partial charge on any atom is -0.496 e. The smallest absolute Gasteiger partial charge is 0.222 e. The maximum Gasteiger partial charge on any atom is 0.222 e. The van der Waals surface area contributed by atoms with Gasteiger partial charge in [0.15, 0.2) is 0 Å². The molecule has 1 unspecified atom stereocenters. The predicted molar refractivity (Wildman–Crippen MR) is 66.0 cm³/mol. The summed E-state index contributed by atoms with van der Waals surface area (Å²) < 4.78 is 5.39. The maximum absolute atomic E-state index is 11.1. The number of fused-ring (bicyclic) bond motifs is 1. The lowest BCUT2D eigenvalue weighted by Gasteiger charge is -2.29. The van der Waals surface area contributed by atoms with E-state index in [9.17, 15) is 4.79 Å². The molecule has 1 atom stereocenters. The van der Waals surface area contributed by atoms with Crippen molar-refractivity contribution in [3.63, 3.8) is 0 Å². The summed E-state index contributed by atoms with van der Waals surface area (Å²) in [6.07, 6.45) is 0.546. The number of benzene rings is 2. The molecule has 17 heavy (non-hydrogen) atoms. The van der Waals surface area contributed by atoms with Crippen molar-refractivity contribution in [2.24, 2.45) is 0 Å². The fourth-order valence-electron chi connectivity index (χ4n) is 2.35. The molecule has 3 nitrogen and oxygen atoms in total. The molecule has 1 heterocycles. The van der Waals surface area contributed by atoms with Gasteiger partial charge in [0.25, 0.3) is 0 Å². The van der Waals surface area contributed by atoms with Crippen LogP contribution < -0.4 is 10.1 Å². The Morgan fingerprint density at radius 1 is 1.24 bits per heavy atom. The van der Waals surface area contributed by atoms with E-state index in [0.717, 1.165) is 16.7 Å². The minimum atomic E-state index is 0.0866. The Labute approximate surface area is 99.4 Å². The highest BCUT2D eigenvalue weighted by Gasteiger charge is 2.30. The van der Waals surface area contributed by atoms with E-state index in [2.05, 4.69) is 17.4 Å². The normalized spacial score (nSPS) is 18.6. The van der Waals surface area contributed by atoms with Crippen LogP contribution in [0.1, 0.15) is 18.0 Å². The molecule has 0 spiro atoms. The third kappa shape index (κ3) is 1.55. The SMILES string of the molecule is COc1ccc2ccccc2c1C1CC(=O)N1. The number of β-lactam (4-membered cyclic amide) rings is 1. The first kappa shape index (κ1) is 10.1. The van der Waals surface area contributed by atoms with E-state index < -0.39 is 0 Å². The van der Waals surface area contributed by atoms with Gasteiger partial charge in [-0.25, -0.2) is 0 Å². The zero-order chi connectivity index (χ0) is 11.8. The summed E-state index contributed by atoms with van der Waals surface area (Å²) in [6.45, 7) is 0. The largest absolute Gasteiger partial charge is 0.496 e. The highest BCUT2D eigenvalue weighted by Crippen LogP contribution is 2.37. The van der Waals surface area contributed by atoms with E-state index >= 15 is 0 Å². The summed E-state index contributed by atoms with van der Waals surface area (Å²) in [7, 11) is 1.66. The van der Waals surface area contributed by atoms with Gasteiger partial charge in [0.05, 0.1) is 19.6 Å². The van der Waals surface area contributed by atoms with E-state index in [0.29, 0.717) is 6.42 Å². The van der Waals surface area contributed by atoms with Gasteiger partial charge >= 0.3 is 0 Å². The van der Waals surface area contributed by atoms with E-state index in [1.54, 1.807) is 7.11 Å². The van der Waals surface area contributed by atoms with E-state index in [1.165, 1.54) is 5.39 Å². The molecular formula is C14H13NO2. The van der Waals surface area contributed by atoms with Crippen LogP contribution in [0.5, 0.6) is 5.75 Å². The van der Waals surface area contributed by atoms with Gasteiger partial charge in [0, 0.05) is 5.56 Å². The van der Waals surface area contributed by atoms with Crippen molar-refractivity contribution in [3.05, 3.63) is 42.0 Å². The van der Waals surface area contributed by atoms with Gasteiger partial charge in [-0.3, -0.25) is 4.79 Å². The van der Waals surface area contributed by atoms with Crippen LogP contribution >= 0.6 is 0 Å². The van der Waals surface area contributed by atoms with Crippen molar-refractivity contribution < 1.29 is 9.53 Å². The third-order valence-electron chi connectivity index (χ3n) is 3.22. The predicted octanol–water partition coefficient (Wildman–Crippen LogP) is 2.41. The fraction of sp³-hybridized carbons (Fsp3) is 0.214. The van der Waals surface area contributed by atoms with Crippen LogP contribution in [0.15, 0.2) is 36.4 Å². The lowest BCUT2D eigenvalue weighted by atomic mass is 9.91. The van der Waals surface area contributed by atoms with Crippen molar-refractivity contribution in [2.45, 2.75) is 12.5 Å². The number of hydrogen-bond acceptors (Lipinski definition) is 2. The highest BCUT2D eigenvalue weighted by atomic mass is 16.5. The van der Waals surface area contributed by atoms with Crippen LogP contribution in [-0.2, 0) is 4.79 Å². The number of ether oxygens (including phenoxy) is 1. The Morgan fingerprint density at radius 2 is 2.00 bits per heavy atom.